The summed E-state index contributed by atoms with van der Waals surface area (Å²) in [5.74, 6) is -1.42. The maximum Gasteiger partial charge on any atom is 0.264 e. The number of halogens is 1. The normalized spacial score (nSPS) is 11.8. The molecule has 0 aromatic heterocycles. The highest BCUT2D eigenvalue weighted by atomic mass is 32.2. The number of sulfonamides is 1. The fourth-order valence-electron chi connectivity index (χ4n) is 4.35. The summed E-state index contributed by atoms with van der Waals surface area (Å²) in [5, 5.41) is 2.63. The Balaban J connectivity index is 1.76. The third-order valence-corrected chi connectivity index (χ3v) is 8.23. The summed E-state index contributed by atoms with van der Waals surface area (Å²) in [6.07, 6.45) is 0.199. The monoisotopic (exact) mass is 559 g/mol. The number of hydrogen-bond acceptors (Lipinski definition) is 4. The third kappa shape index (κ3) is 6.92. The number of nitrogens with one attached hydrogen (secondary N) is 1. The summed E-state index contributed by atoms with van der Waals surface area (Å²) in [6.45, 7) is -0.581. The van der Waals surface area contributed by atoms with Crippen molar-refractivity contribution in [2.45, 2.75) is 23.9 Å². The van der Waals surface area contributed by atoms with Crippen molar-refractivity contribution in [2.24, 2.45) is 0 Å². The lowest BCUT2D eigenvalue weighted by molar-refractivity contribution is -0.139. The van der Waals surface area contributed by atoms with Crippen molar-refractivity contribution in [2.75, 3.05) is 17.9 Å². The van der Waals surface area contributed by atoms with Gasteiger partial charge in [-0.15, -0.1) is 0 Å². The van der Waals surface area contributed by atoms with Gasteiger partial charge in [0.2, 0.25) is 11.8 Å². The number of benzene rings is 4. The van der Waals surface area contributed by atoms with Gasteiger partial charge >= 0.3 is 0 Å². The first-order valence-electron chi connectivity index (χ1n) is 12.7. The lowest BCUT2D eigenvalue weighted by atomic mass is 10.0. The maximum absolute atomic E-state index is 14.1. The van der Waals surface area contributed by atoms with Crippen LogP contribution in [-0.2, 0) is 32.6 Å². The molecular formula is C31H30FN3O4S. The molecule has 4 aromatic rings. The molecule has 0 aliphatic heterocycles. The Kier molecular flexibility index (Phi) is 9.29. The molecule has 0 aliphatic carbocycles. The molecule has 206 valence electrons. The van der Waals surface area contributed by atoms with Crippen LogP contribution in [0.15, 0.2) is 120 Å². The second-order valence-electron chi connectivity index (χ2n) is 9.13. The van der Waals surface area contributed by atoms with Crippen LogP contribution in [0.1, 0.15) is 11.1 Å². The molecule has 1 atom stereocenters. The third-order valence-electron chi connectivity index (χ3n) is 6.44. The molecule has 0 heterocycles. The fourth-order valence-corrected chi connectivity index (χ4v) is 5.78. The van der Waals surface area contributed by atoms with Gasteiger partial charge in [0.1, 0.15) is 18.4 Å². The van der Waals surface area contributed by atoms with Crippen LogP contribution in [0.4, 0.5) is 10.1 Å². The van der Waals surface area contributed by atoms with E-state index in [2.05, 4.69) is 5.32 Å². The molecule has 9 heteroatoms. The van der Waals surface area contributed by atoms with Crippen LogP contribution in [0.25, 0.3) is 0 Å². The zero-order valence-electron chi connectivity index (χ0n) is 22.0. The quantitative estimate of drug-likeness (QED) is 0.295. The van der Waals surface area contributed by atoms with Crippen molar-refractivity contribution in [1.29, 1.82) is 0 Å². The zero-order valence-corrected chi connectivity index (χ0v) is 22.8. The Hall–Kier alpha value is -4.50. The molecule has 0 saturated heterocycles. The number of carbonyl (C=O) groups excluding carboxylic acids is 2. The van der Waals surface area contributed by atoms with Gasteiger partial charge in [-0.3, -0.25) is 13.9 Å². The van der Waals surface area contributed by atoms with Gasteiger partial charge in [0.05, 0.1) is 10.6 Å². The predicted molar refractivity (Wildman–Crippen MR) is 152 cm³/mol. The first kappa shape index (κ1) is 28.5. The summed E-state index contributed by atoms with van der Waals surface area (Å²) >= 11 is 0. The number of hydrogen-bond donors (Lipinski definition) is 1. The first-order valence-corrected chi connectivity index (χ1v) is 14.2. The van der Waals surface area contributed by atoms with Crippen LogP contribution in [-0.4, -0.2) is 44.8 Å². The summed E-state index contributed by atoms with van der Waals surface area (Å²) in [5.41, 5.74) is 1.72. The number of para-hydroxylation sites is 1. The van der Waals surface area contributed by atoms with Crippen LogP contribution >= 0.6 is 0 Å². The largest absolute Gasteiger partial charge is 0.357 e. The Morgan fingerprint density at radius 2 is 1.32 bits per heavy atom. The summed E-state index contributed by atoms with van der Waals surface area (Å²) in [4.78, 5) is 28.7. The van der Waals surface area contributed by atoms with Gasteiger partial charge in [-0.05, 0) is 47.5 Å². The summed E-state index contributed by atoms with van der Waals surface area (Å²) in [6, 6.07) is 30.1. The van der Waals surface area contributed by atoms with Crippen molar-refractivity contribution in [3.05, 3.63) is 132 Å². The molecule has 4 aromatic carbocycles. The van der Waals surface area contributed by atoms with Crippen molar-refractivity contribution >= 4 is 27.5 Å². The number of rotatable bonds is 11. The van der Waals surface area contributed by atoms with Crippen LogP contribution in [0.5, 0.6) is 0 Å². The van der Waals surface area contributed by atoms with E-state index < -0.39 is 40.2 Å². The SMILES string of the molecule is CNC(=O)[C@@H](Cc1ccccc1)N(Cc1ccc(F)cc1)C(=O)CN(c1ccccc1)S(=O)(=O)c1ccccc1. The van der Waals surface area contributed by atoms with Gasteiger partial charge in [0.15, 0.2) is 0 Å². The van der Waals surface area contributed by atoms with Crippen molar-refractivity contribution in [3.63, 3.8) is 0 Å². The minimum atomic E-state index is -4.14. The summed E-state index contributed by atoms with van der Waals surface area (Å²) in [7, 11) is -2.65. The molecule has 7 nitrogen and oxygen atoms in total. The number of carbonyl (C=O) groups is 2. The average Bonchev–Trinajstić information content (AvgIpc) is 2.99. The maximum atomic E-state index is 14.1. The van der Waals surface area contributed by atoms with E-state index in [-0.39, 0.29) is 17.9 Å². The van der Waals surface area contributed by atoms with Crippen LogP contribution in [0.3, 0.4) is 0 Å². The minimum absolute atomic E-state index is 0.0297. The van der Waals surface area contributed by atoms with E-state index in [1.54, 1.807) is 48.5 Å². The molecule has 0 bridgehead atoms. The summed E-state index contributed by atoms with van der Waals surface area (Å²) < 4.78 is 42.2. The topological polar surface area (TPSA) is 86.8 Å². The lowest BCUT2D eigenvalue weighted by Gasteiger charge is -2.33. The molecule has 0 unspecified atom stereocenters. The Morgan fingerprint density at radius 3 is 1.90 bits per heavy atom. The van der Waals surface area contributed by atoms with Gasteiger partial charge in [-0.1, -0.05) is 78.9 Å². The van der Waals surface area contributed by atoms with E-state index in [0.29, 0.717) is 11.3 Å². The van der Waals surface area contributed by atoms with E-state index in [1.807, 2.05) is 30.3 Å². The molecule has 2 amide bonds. The molecule has 4 rings (SSSR count). The van der Waals surface area contributed by atoms with E-state index in [4.69, 9.17) is 0 Å². The standard InChI is InChI=1S/C31H30FN3O4S/c1-33-31(37)29(21-24-11-5-2-6-12-24)34(22-25-17-19-26(32)20-18-25)30(36)23-35(27-13-7-3-8-14-27)40(38,39)28-15-9-4-10-16-28/h2-20,29H,21-23H2,1H3,(H,33,37)/t29-/m1/s1. The first-order chi connectivity index (χ1) is 19.3. The van der Waals surface area contributed by atoms with E-state index in [1.165, 1.54) is 48.3 Å². The predicted octanol–water partition coefficient (Wildman–Crippen LogP) is 4.41. The highest BCUT2D eigenvalue weighted by Crippen LogP contribution is 2.24. The highest BCUT2D eigenvalue weighted by molar-refractivity contribution is 7.92. The second kappa shape index (κ2) is 13.0. The van der Waals surface area contributed by atoms with E-state index >= 15 is 0 Å². The molecule has 0 fully saturated rings. The minimum Gasteiger partial charge on any atom is -0.357 e. The molecule has 40 heavy (non-hydrogen) atoms. The molecule has 0 aliphatic rings. The molecule has 1 N–H and O–H groups in total. The smallest absolute Gasteiger partial charge is 0.264 e. The number of anilines is 1. The van der Waals surface area contributed by atoms with E-state index in [0.717, 1.165) is 9.87 Å². The molecular weight excluding hydrogens is 529 g/mol. The van der Waals surface area contributed by atoms with Crippen LogP contribution < -0.4 is 9.62 Å². The zero-order chi connectivity index (χ0) is 28.5. The van der Waals surface area contributed by atoms with Crippen LogP contribution in [0, 0.1) is 5.82 Å². The number of amides is 2. The van der Waals surface area contributed by atoms with E-state index in [9.17, 15) is 22.4 Å². The highest BCUT2D eigenvalue weighted by Gasteiger charge is 2.34. The van der Waals surface area contributed by atoms with Crippen molar-refractivity contribution in [1.82, 2.24) is 10.2 Å². The second-order valence-corrected chi connectivity index (χ2v) is 11.0. The fraction of sp³-hybridized carbons (Fsp3) is 0.161. The molecule has 0 radical (unpaired) electrons. The average molecular weight is 560 g/mol. The molecule has 0 spiro atoms. The Morgan fingerprint density at radius 1 is 0.775 bits per heavy atom. The van der Waals surface area contributed by atoms with Gasteiger partial charge in [0.25, 0.3) is 10.0 Å². The van der Waals surface area contributed by atoms with Crippen molar-refractivity contribution in [3.8, 4) is 0 Å². The van der Waals surface area contributed by atoms with Gasteiger partial charge in [0, 0.05) is 20.0 Å². The van der Waals surface area contributed by atoms with Gasteiger partial charge < -0.3 is 10.2 Å². The number of likely N-dealkylation sites (N-methyl/N-ethyl adjacent to an activating group) is 1. The van der Waals surface area contributed by atoms with Gasteiger partial charge in [-0.25, -0.2) is 12.8 Å². The van der Waals surface area contributed by atoms with Crippen molar-refractivity contribution < 1.29 is 22.4 Å². The molecule has 0 saturated carbocycles. The lowest BCUT2D eigenvalue weighted by Crippen LogP contribution is -2.53. The Bertz CT molecular complexity index is 1520. The van der Waals surface area contributed by atoms with Crippen LogP contribution in [0.2, 0.25) is 0 Å². The number of nitrogens with zero attached hydrogens (tertiary/aromatic N) is 2. The Labute approximate surface area is 233 Å². The van der Waals surface area contributed by atoms with Gasteiger partial charge in [-0.2, -0.15) is 0 Å².